The topological polar surface area (TPSA) is 73.9 Å². The van der Waals surface area contributed by atoms with Crippen molar-refractivity contribution in [2.45, 2.75) is 0 Å². The predicted molar refractivity (Wildman–Crippen MR) is 63.9 cm³/mol. The third-order valence-corrected chi connectivity index (χ3v) is 2.27. The van der Waals surface area contributed by atoms with Crippen molar-refractivity contribution in [1.29, 1.82) is 0 Å². The van der Waals surface area contributed by atoms with E-state index in [0.717, 1.165) is 0 Å². The van der Waals surface area contributed by atoms with Gasteiger partial charge in [0, 0.05) is 6.07 Å². The lowest BCUT2D eigenvalue weighted by molar-refractivity contribution is -0.139. The van der Waals surface area contributed by atoms with E-state index < -0.39 is 11.9 Å². The van der Waals surface area contributed by atoms with Crippen molar-refractivity contribution in [2.24, 2.45) is 0 Å². The highest BCUT2D eigenvalue weighted by Crippen LogP contribution is 2.24. The van der Waals surface area contributed by atoms with Crippen LogP contribution in [0, 0.1) is 0 Å². The molecule has 0 aromatic heterocycles. The third-order valence-electron chi connectivity index (χ3n) is 2.27. The first kappa shape index (κ1) is 13.8. The molecule has 0 aliphatic carbocycles. The minimum atomic E-state index is -0.518. The molecule has 0 atom stereocenters. The molecule has 0 saturated carbocycles. The monoisotopic (exact) mass is 253 g/mol. The minimum Gasteiger partial charge on any atom is -0.497 e. The van der Waals surface area contributed by atoms with Gasteiger partial charge in [-0.05, 0) is 12.1 Å². The van der Waals surface area contributed by atoms with Crippen molar-refractivity contribution in [3.8, 4) is 11.5 Å². The first-order chi connectivity index (χ1) is 8.62. The van der Waals surface area contributed by atoms with Crippen LogP contribution < -0.4 is 14.8 Å². The number of nitrogens with one attached hydrogen (secondary N) is 1. The van der Waals surface area contributed by atoms with Gasteiger partial charge >= 0.3 is 5.97 Å². The number of hydrogen-bond acceptors (Lipinski definition) is 5. The fourth-order valence-electron chi connectivity index (χ4n) is 1.31. The van der Waals surface area contributed by atoms with Crippen LogP contribution >= 0.6 is 0 Å². The quantitative estimate of drug-likeness (QED) is 0.778. The zero-order valence-corrected chi connectivity index (χ0v) is 10.5. The van der Waals surface area contributed by atoms with Crippen molar-refractivity contribution in [2.75, 3.05) is 27.9 Å². The Morgan fingerprint density at radius 2 is 1.89 bits per heavy atom. The van der Waals surface area contributed by atoms with Gasteiger partial charge in [-0.1, -0.05) is 0 Å². The lowest BCUT2D eigenvalue weighted by Crippen LogP contribution is -2.30. The predicted octanol–water partition coefficient (Wildman–Crippen LogP) is 0.607. The Balaban J connectivity index is 2.81. The molecule has 0 aliphatic heterocycles. The molecule has 0 fully saturated rings. The molecule has 1 aromatic rings. The average Bonchev–Trinajstić information content (AvgIpc) is 2.43. The largest absolute Gasteiger partial charge is 0.497 e. The summed E-state index contributed by atoms with van der Waals surface area (Å²) < 4.78 is 14.5. The summed E-state index contributed by atoms with van der Waals surface area (Å²) >= 11 is 0. The molecule has 0 bridgehead atoms. The van der Waals surface area contributed by atoms with Gasteiger partial charge in [0.25, 0.3) is 5.91 Å². The number of benzene rings is 1. The molecule has 0 unspecified atom stereocenters. The van der Waals surface area contributed by atoms with E-state index in [0.29, 0.717) is 17.1 Å². The van der Waals surface area contributed by atoms with Crippen LogP contribution in [0.4, 0.5) is 0 Å². The van der Waals surface area contributed by atoms with Gasteiger partial charge in [-0.2, -0.15) is 0 Å². The summed E-state index contributed by atoms with van der Waals surface area (Å²) in [7, 11) is 4.22. The lowest BCUT2D eigenvalue weighted by atomic mass is 10.1. The molecular formula is C12H15NO5. The average molecular weight is 253 g/mol. The number of amides is 1. The molecule has 6 heteroatoms. The number of rotatable bonds is 5. The standard InChI is InChI=1S/C12H15NO5/c1-16-8-4-5-9(10(6-8)17-2)12(15)13-7-11(14)18-3/h4-6H,7H2,1-3H3,(H,13,15). The molecule has 1 amide bonds. The second-order valence-corrected chi connectivity index (χ2v) is 3.33. The Kier molecular flexibility index (Phi) is 4.98. The van der Waals surface area contributed by atoms with Crippen LogP contribution in [-0.2, 0) is 9.53 Å². The van der Waals surface area contributed by atoms with E-state index in [4.69, 9.17) is 9.47 Å². The van der Waals surface area contributed by atoms with Crippen molar-refractivity contribution < 1.29 is 23.8 Å². The number of methoxy groups -OCH3 is 3. The van der Waals surface area contributed by atoms with Gasteiger partial charge < -0.3 is 19.5 Å². The molecule has 1 rings (SSSR count). The molecule has 6 nitrogen and oxygen atoms in total. The molecule has 1 N–H and O–H groups in total. The maximum atomic E-state index is 11.8. The smallest absolute Gasteiger partial charge is 0.325 e. The molecule has 1 aromatic carbocycles. The first-order valence-corrected chi connectivity index (χ1v) is 5.19. The van der Waals surface area contributed by atoms with Crippen LogP contribution in [0.15, 0.2) is 18.2 Å². The zero-order valence-electron chi connectivity index (χ0n) is 10.5. The zero-order chi connectivity index (χ0) is 13.5. The maximum Gasteiger partial charge on any atom is 0.325 e. The van der Waals surface area contributed by atoms with E-state index >= 15 is 0 Å². The van der Waals surface area contributed by atoms with E-state index in [1.54, 1.807) is 18.2 Å². The Bertz CT molecular complexity index is 444. The van der Waals surface area contributed by atoms with Gasteiger partial charge in [-0.3, -0.25) is 9.59 Å². The molecule has 0 spiro atoms. The van der Waals surface area contributed by atoms with Gasteiger partial charge in [-0.25, -0.2) is 0 Å². The third kappa shape index (κ3) is 3.38. The van der Waals surface area contributed by atoms with Gasteiger partial charge in [0.05, 0.1) is 26.9 Å². The summed E-state index contributed by atoms with van der Waals surface area (Å²) in [5, 5.41) is 2.43. The number of esters is 1. The van der Waals surface area contributed by atoms with Crippen molar-refractivity contribution in [3.05, 3.63) is 23.8 Å². The van der Waals surface area contributed by atoms with Crippen molar-refractivity contribution in [3.63, 3.8) is 0 Å². The highest BCUT2D eigenvalue weighted by atomic mass is 16.5. The van der Waals surface area contributed by atoms with Crippen LogP contribution in [-0.4, -0.2) is 39.8 Å². The summed E-state index contributed by atoms with van der Waals surface area (Å²) in [6.45, 7) is -0.190. The summed E-state index contributed by atoms with van der Waals surface area (Å²) in [6.07, 6.45) is 0. The summed E-state index contributed by atoms with van der Waals surface area (Å²) in [6, 6.07) is 4.78. The van der Waals surface area contributed by atoms with Gasteiger partial charge in [-0.15, -0.1) is 0 Å². The molecular weight excluding hydrogens is 238 g/mol. The van der Waals surface area contributed by atoms with Gasteiger partial charge in [0.2, 0.25) is 0 Å². The molecule has 0 aliphatic rings. The van der Waals surface area contributed by atoms with Crippen LogP contribution in [0.3, 0.4) is 0 Å². The number of ether oxygens (including phenoxy) is 3. The Hall–Kier alpha value is -2.24. The fraction of sp³-hybridized carbons (Fsp3) is 0.333. The number of carbonyl (C=O) groups excluding carboxylic acids is 2. The molecule has 98 valence electrons. The van der Waals surface area contributed by atoms with Crippen LogP contribution in [0.5, 0.6) is 11.5 Å². The molecule has 0 radical (unpaired) electrons. The van der Waals surface area contributed by atoms with E-state index in [1.165, 1.54) is 21.3 Å². The number of hydrogen-bond donors (Lipinski definition) is 1. The Morgan fingerprint density at radius 1 is 1.17 bits per heavy atom. The summed E-state index contributed by atoms with van der Waals surface area (Å²) in [5.74, 6) is 0.0174. The second-order valence-electron chi connectivity index (χ2n) is 3.33. The van der Waals surface area contributed by atoms with Crippen molar-refractivity contribution in [1.82, 2.24) is 5.32 Å². The highest BCUT2D eigenvalue weighted by molar-refractivity contribution is 5.98. The Morgan fingerprint density at radius 3 is 2.44 bits per heavy atom. The van der Waals surface area contributed by atoms with E-state index in [2.05, 4.69) is 10.1 Å². The van der Waals surface area contributed by atoms with Crippen LogP contribution in [0.1, 0.15) is 10.4 Å². The molecule has 0 saturated heterocycles. The van der Waals surface area contributed by atoms with Gasteiger partial charge in [0.1, 0.15) is 18.0 Å². The fourth-order valence-corrected chi connectivity index (χ4v) is 1.31. The minimum absolute atomic E-state index is 0.190. The molecule has 18 heavy (non-hydrogen) atoms. The molecule has 0 heterocycles. The van der Waals surface area contributed by atoms with Crippen molar-refractivity contribution >= 4 is 11.9 Å². The highest BCUT2D eigenvalue weighted by Gasteiger charge is 2.14. The van der Waals surface area contributed by atoms with Crippen LogP contribution in [0.2, 0.25) is 0 Å². The van der Waals surface area contributed by atoms with Gasteiger partial charge in [0.15, 0.2) is 0 Å². The normalized spacial score (nSPS) is 9.50. The summed E-state index contributed by atoms with van der Waals surface area (Å²) in [4.78, 5) is 22.7. The Labute approximate surface area is 105 Å². The SMILES string of the molecule is COC(=O)CNC(=O)c1ccc(OC)cc1OC. The lowest BCUT2D eigenvalue weighted by Gasteiger charge is -2.10. The van der Waals surface area contributed by atoms with E-state index in [9.17, 15) is 9.59 Å². The van der Waals surface area contributed by atoms with E-state index in [-0.39, 0.29) is 6.54 Å². The number of carbonyl (C=O) groups is 2. The van der Waals surface area contributed by atoms with E-state index in [1.807, 2.05) is 0 Å². The first-order valence-electron chi connectivity index (χ1n) is 5.19. The second kappa shape index (κ2) is 6.48. The summed E-state index contributed by atoms with van der Waals surface area (Å²) in [5.41, 5.74) is 0.321. The maximum absolute atomic E-state index is 11.8. The van der Waals surface area contributed by atoms with Crippen LogP contribution in [0.25, 0.3) is 0 Å².